The van der Waals surface area contributed by atoms with Crippen molar-refractivity contribution in [3.05, 3.63) is 60.7 Å². The maximum Gasteiger partial charge on any atom is 0.161 e. The van der Waals surface area contributed by atoms with Crippen LogP contribution in [0.4, 0.5) is 0 Å². The Bertz CT molecular complexity index is 1070. The van der Waals surface area contributed by atoms with Crippen LogP contribution in [0.5, 0.6) is 23.0 Å². The fourth-order valence-corrected chi connectivity index (χ4v) is 3.51. The molecule has 4 aromatic carbocycles. The van der Waals surface area contributed by atoms with Crippen LogP contribution in [-0.2, 0) is 0 Å². The van der Waals surface area contributed by atoms with Gasteiger partial charge in [0.2, 0.25) is 0 Å². The monoisotopic (exact) mass is 374 g/mol. The largest absolute Gasteiger partial charge is 0.493 e. The van der Waals surface area contributed by atoms with Crippen LogP contribution in [0.15, 0.2) is 60.7 Å². The summed E-state index contributed by atoms with van der Waals surface area (Å²) < 4.78 is 21.7. The van der Waals surface area contributed by atoms with Crippen LogP contribution in [0.2, 0.25) is 0 Å². The molecule has 0 aromatic heterocycles. The third-order valence-electron chi connectivity index (χ3n) is 5.02. The number of ether oxygens (including phenoxy) is 4. The molecule has 0 fully saturated rings. The molecule has 0 unspecified atom stereocenters. The van der Waals surface area contributed by atoms with E-state index in [-0.39, 0.29) is 0 Å². The standard InChI is InChI=1S/C24H22O4/c1-25-21-11-17-7-5-15(9-19(17)13-23(21)27-3)16-6-8-18-12-22(26-2)24(28-4)14-20(18)10-16/h5-14H,1-4H3. The van der Waals surface area contributed by atoms with Crippen LogP contribution in [0, 0.1) is 0 Å². The van der Waals surface area contributed by atoms with Crippen LogP contribution in [-0.4, -0.2) is 28.4 Å². The summed E-state index contributed by atoms with van der Waals surface area (Å²) in [5, 5.41) is 4.41. The lowest BCUT2D eigenvalue weighted by atomic mass is 9.98. The number of methoxy groups -OCH3 is 4. The van der Waals surface area contributed by atoms with E-state index in [0.29, 0.717) is 0 Å². The molecule has 4 aromatic rings. The molecule has 0 aliphatic carbocycles. The zero-order chi connectivity index (χ0) is 19.7. The van der Waals surface area contributed by atoms with E-state index < -0.39 is 0 Å². The molecule has 0 aliphatic rings. The molecule has 4 rings (SSSR count). The third kappa shape index (κ3) is 3.07. The summed E-state index contributed by atoms with van der Waals surface area (Å²) in [6, 6.07) is 20.8. The second-order valence-electron chi connectivity index (χ2n) is 6.54. The first kappa shape index (κ1) is 18.0. The molecular weight excluding hydrogens is 352 g/mol. The van der Waals surface area contributed by atoms with Gasteiger partial charge in [-0.05, 0) is 69.1 Å². The average Bonchev–Trinajstić information content (AvgIpc) is 2.76. The highest BCUT2D eigenvalue weighted by atomic mass is 16.5. The van der Waals surface area contributed by atoms with Gasteiger partial charge in [-0.15, -0.1) is 0 Å². The van der Waals surface area contributed by atoms with Crippen molar-refractivity contribution in [1.29, 1.82) is 0 Å². The highest BCUT2D eigenvalue weighted by molar-refractivity contribution is 5.93. The minimum atomic E-state index is 0.725. The number of rotatable bonds is 5. The maximum absolute atomic E-state index is 5.44. The predicted molar refractivity (Wildman–Crippen MR) is 113 cm³/mol. The summed E-state index contributed by atoms with van der Waals surface area (Å²) in [6.07, 6.45) is 0. The summed E-state index contributed by atoms with van der Waals surface area (Å²) in [6.45, 7) is 0. The molecule has 0 spiro atoms. The molecule has 4 heteroatoms. The van der Waals surface area contributed by atoms with Crippen molar-refractivity contribution in [3.8, 4) is 34.1 Å². The van der Waals surface area contributed by atoms with E-state index in [0.717, 1.165) is 55.7 Å². The molecule has 28 heavy (non-hydrogen) atoms. The normalized spacial score (nSPS) is 10.9. The van der Waals surface area contributed by atoms with E-state index in [1.165, 1.54) is 0 Å². The van der Waals surface area contributed by atoms with Gasteiger partial charge < -0.3 is 18.9 Å². The van der Waals surface area contributed by atoms with Gasteiger partial charge in [0.1, 0.15) is 0 Å². The molecule has 0 aliphatic heterocycles. The van der Waals surface area contributed by atoms with Gasteiger partial charge in [-0.2, -0.15) is 0 Å². The molecule has 0 bridgehead atoms. The summed E-state index contributed by atoms with van der Waals surface area (Å²) in [7, 11) is 6.60. The molecule has 4 nitrogen and oxygen atoms in total. The molecule has 0 heterocycles. The van der Waals surface area contributed by atoms with E-state index in [1.54, 1.807) is 28.4 Å². The van der Waals surface area contributed by atoms with Crippen molar-refractivity contribution in [2.75, 3.05) is 28.4 Å². The molecule has 0 N–H and O–H groups in total. The van der Waals surface area contributed by atoms with Gasteiger partial charge in [0, 0.05) is 0 Å². The van der Waals surface area contributed by atoms with Crippen LogP contribution >= 0.6 is 0 Å². The van der Waals surface area contributed by atoms with Gasteiger partial charge >= 0.3 is 0 Å². The fraction of sp³-hybridized carbons (Fsp3) is 0.167. The van der Waals surface area contributed by atoms with Gasteiger partial charge in [-0.25, -0.2) is 0 Å². The molecule has 0 amide bonds. The first-order chi connectivity index (χ1) is 13.7. The Kier molecular flexibility index (Phi) is 4.70. The van der Waals surface area contributed by atoms with E-state index in [4.69, 9.17) is 18.9 Å². The molecule has 142 valence electrons. The van der Waals surface area contributed by atoms with Crippen LogP contribution in [0.3, 0.4) is 0 Å². The lowest BCUT2D eigenvalue weighted by Crippen LogP contribution is -1.91. The first-order valence-electron chi connectivity index (χ1n) is 8.98. The Morgan fingerprint density at radius 1 is 0.393 bits per heavy atom. The van der Waals surface area contributed by atoms with Crippen molar-refractivity contribution < 1.29 is 18.9 Å². The second-order valence-corrected chi connectivity index (χ2v) is 6.54. The zero-order valence-corrected chi connectivity index (χ0v) is 16.4. The van der Waals surface area contributed by atoms with E-state index >= 15 is 0 Å². The van der Waals surface area contributed by atoms with Crippen LogP contribution in [0.25, 0.3) is 32.7 Å². The van der Waals surface area contributed by atoms with Crippen molar-refractivity contribution >= 4 is 21.5 Å². The maximum atomic E-state index is 5.44. The van der Waals surface area contributed by atoms with Crippen molar-refractivity contribution in [2.45, 2.75) is 0 Å². The highest BCUT2D eigenvalue weighted by Gasteiger charge is 2.09. The fourth-order valence-electron chi connectivity index (χ4n) is 3.51. The lowest BCUT2D eigenvalue weighted by molar-refractivity contribution is 0.356. The predicted octanol–water partition coefficient (Wildman–Crippen LogP) is 5.69. The highest BCUT2D eigenvalue weighted by Crippen LogP contribution is 2.36. The smallest absolute Gasteiger partial charge is 0.161 e. The number of fused-ring (bicyclic) bond motifs is 2. The quantitative estimate of drug-likeness (QED) is 0.449. The Hall–Kier alpha value is -3.40. The van der Waals surface area contributed by atoms with Gasteiger partial charge in [-0.3, -0.25) is 0 Å². The summed E-state index contributed by atoms with van der Waals surface area (Å²) in [4.78, 5) is 0. The van der Waals surface area contributed by atoms with Gasteiger partial charge in [0.05, 0.1) is 28.4 Å². The lowest BCUT2D eigenvalue weighted by Gasteiger charge is -2.12. The van der Waals surface area contributed by atoms with Gasteiger partial charge in [0.15, 0.2) is 23.0 Å². The van der Waals surface area contributed by atoms with Crippen molar-refractivity contribution in [3.63, 3.8) is 0 Å². The Balaban J connectivity index is 1.83. The summed E-state index contributed by atoms with van der Waals surface area (Å²) >= 11 is 0. The minimum absolute atomic E-state index is 0.725. The van der Waals surface area contributed by atoms with E-state index in [2.05, 4.69) is 36.4 Å². The van der Waals surface area contributed by atoms with Crippen LogP contribution in [0.1, 0.15) is 0 Å². The summed E-state index contributed by atoms with van der Waals surface area (Å²) in [5.74, 6) is 2.91. The molecule has 0 atom stereocenters. The number of benzene rings is 4. The topological polar surface area (TPSA) is 36.9 Å². The average molecular weight is 374 g/mol. The van der Waals surface area contributed by atoms with E-state index in [1.807, 2.05) is 24.3 Å². The SMILES string of the molecule is COc1cc2ccc(-c3ccc4cc(OC)c(OC)cc4c3)cc2cc1OC. The second kappa shape index (κ2) is 7.31. The molecule has 0 saturated carbocycles. The Morgan fingerprint density at radius 2 is 0.714 bits per heavy atom. The third-order valence-corrected chi connectivity index (χ3v) is 5.02. The minimum Gasteiger partial charge on any atom is -0.493 e. The van der Waals surface area contributed by atoms with Crippen molar-refractivity contribution in [2.24, 2.45) is 0 Å². The molecular formula is C24H22O4. The molecule has 0 radical (unpaired) electrons. The van der Waals surface area contributed by atoms with E-state index in [9.17, 15) is 0 Å². The van der Waals surface area contributed by atoms with Gasteiger partial charge in [-0.1, -0.05) is 24.3 Å². The first-order valence-corrected chi connectivity index (χ1v) is 8.98. The Labute approximate surface area is 164 Å². The Morgan fingerprint density at radius 3 is 1.04 bits per heavy atom. The zero-order valence-electron chi connectivity index (χ0n) is 16.4. The van der Waals surface area contributed by atoms with Crippen LogP contribution < -0.4 is 18.9 Å². The summed E-state index contributed by atoms with van der Waals surface area (Å²) in [5.41, 5.74) is 2.27. The van der Waals surface area contributed by atoms with Crippen molar-refractivity contribution in [1.82, 2.24) is 0 Å². The van der Waals surface area contributed by atoms with Gasteiger partial charge in [0.25, 0.3) is 0 Å². The number of hydrogen-bond acceptors (Lipinski definition) is 4. The molecule has 0 saturated heterocycles. The number of hydrogen-bond donors (Lipinski definition) is 0.